The predicted molar refractivity (Wildman–Crippen MR) is 119 cm³/mol. The van der Waals surface area contributed by atoms with E-state index in [0.717, 1.165) is 8.95 Å². The molecule has 0 spiro atoms. The maximum Gasteiger partial charge on any atom is 0.300 e. The van der Waals surface area contributed by atoms with Crippen LogP contribution in [0.1, 0.15) is 17.2 Å². The highest BCUT2D eigenvalue weighted by atomic mass is 79.9. The second-order valence-corrected chi connectivity index (χ2v) is 8.54. The van der Waals surface area contributed by atoms with E-state index in [-0.39, 0.29) is 11.3 Å². The molecular formula is C23H14Br2FNO3. The van der Waals surface area contributed by atoms with Crippen molar-refractivity contribution in [2.24, 2.45) is 0 Å². The van der Waals surface area contributed by atoms with Crippen molar-refractivity contribution in [3.8, 4) is 0 Å². The molecule has 0 radical (unpaired) electrons. The average molecular weight is 531 g/mol. The summed E-state index contributed by atoms with van der Waals surface area (Å²) in [5.41, 5.74) is 1.36. The lowest BCUT2D eigenvalue weighted by Gasteiger charge is -2.25. The lowest BCUT2D eigenvalue weighted by atomic mass is 9.95. The van der Waals surface area contributed by atoms with Crippen molar-refractivity contribution in [1.29, 1.82) is 0 Å². The maximum absolute atomic E-state index is 13.5. The minimum Gasteiger partial charge on any atom is -0.507 e. The molecule has 3 aromatic rings. The maximum atomic E-state index is 13.5. The molecule has 0 saturated carbocycles. The van der Waals surface area contributed by atoms with Crippen LogP contribution in [0.3, 0.4) is 0 Å². The second-order valence-electron chi connectivity index (χ2n) is 6.70. The first-order chi connectivity index (χ1) is 14.4. The van der Waals surface area contributed by atoms with E-state index in [0.29, 0.717) is 16.8 Å². The van der Waals surface area contributed by atoms with Crippen LogP contribution < -0.4 is 4.90 Å². The lowest BCUT2D eigenvalue weighted by molar-refractivity contribution is -0.132. The molecule has 1 N–H and O–H groups in total. The zero-order valence-electron chi connectivity index (χ0n) is 15.4. The standard InChI is InChI=1S/C23H14Br2FNO3/c24-15-5-1-14(2-6-15)21(28)19-20(13-3-9-17(26)10-4-13)27(23(30)22(19)29)18-11-7-16(25)8-12-18/h1-12,20,28H/t20-/m0/s1. The minimum atomic E-state index is -0.893. The number of rotatable bonds is 3. The molecule has 1 aliphatic heterocycles. The van der Waals surface area contributed by atoms with Crippen LogP contribution >= 0.6 is 31.9 Å². The summed E-state index contributed by atoms with van der Waals surface area (Å²) in [5.74, 6) is -2.28. The van der Waals surface area contributed by atoms with Crippen LogP contribution in [0.15, 0.2) is 87.3 Å². The minimum absolute atomic E-state index is 0.0446. The summed E-state index contributed by atoms with van der Waals surface area (Å²) in [6.45, 7) is 0. The van der Waals surface area contributed by atoms with Crippen molar-refractivity contribution in [3.05, 3.63) is 104 Å². The smallest absolute Gasteiger partial charge is 0.300 e. The molecule has 1 saturated heterocycles. The number of nitrogens with zero attached hydrogens (tertiary/aromatic N) is 1. The lowest BCUT2D eigenvalue weighted by Crippen LogP contribution is -2.29. The van der Waals surface area contributed by atoms with E-state index in [4.69, 9.17) is 0 Å². The molecule has 0 aliphatic carbocycles. The fourth-order valence-electron chi connectivity index (χ4n) is 3.42. The SMILES string of the molecule is O=C1C(=O)N(c2ccc(Br)cc2)[C@@H](c2ccc(F)cc2)C1=C(O)c1ccc(Br)cc1. The van der Waals surface area contributed by atoms with Gasteiger partial charge in [-0.2, -0.15) is 0 Å². The number of benzene rings is 3. The third kappa shape index (κ3) is 3.70. The Kier molecular flexibility index (Phi) is 5.58. The number of aliphatic hydroxyl groups is 1. The summed E-state index contributed by atoms with van der Waals surface area (Å²) in [6, 6.07) is 18.3. The van der Waals surface area contributed by atoms with Gasteiger partial charge in [0.25, 0.3) is 11.7 Å². The molecule has 1 amide bonds. The van der Waals surface area contributed by atoms with Crippen LogP contribution in [-0.4, -0.2) is 16.8 Å². The van der Waals surface area contributed by atoms with Crippen LogP contribution in [-0.2, 0) is 9.59 Å². The number of amides is 1. The summed E-state index contributed by atoms with van der Waals surface area (Å²) < 4.78 is 15.2. The van der Waals surface area contributed by atoms with E-state index in [1.54, 1.807) is 48.5 Å². The number of hydrogen-bond acceptors (Lipinski definition) is 3. The highest BCUT2D eigenvalue weighted by molar-refractivity contribution is 9.10. The van der Waals surface area contributed by atoms with Crippen LogP contribution in [0.2, 0.25) is 0 Å². The normalized spacial score (nSPS) is 18.1. The van der Waals surface area contributed by atoms with Gasteiger partial charge in [-0.1, -0.05) is 56.1 Å². The van der Waals surface area contributed by atoms with Gasteiger partial charge in [0.05, 0.1) is 11.6 Å². The largest absolute Gasteiger partial charge is 0.507 e. The third-order valence-electron chi connectivity index (χ3n) is 4.85. The number of anilines is 1. The van der Waals surface area contributed by atoms with Gasteiger partial charge in [-0.25, -0.2) is 4.39 Å². The van der Waals surface area contributed by atoms with Crippen LogP contribution in [0.4, 0.5) is 10.1 Å². The quantitative estimate of drug-likeness (QED) is 0.257. The van der Waals surface area contributed by atoms with Gasteiger partial charge in [0.2, 0.25) is 0 Å². The summed E-state index contributed by atoms with van der Waals surface area (Å²) in [7, 11) is 0. The zero-order valence-corrected chi connectivity index (χ0v) is 18.5. The van der Waals surface area contributed by atoms with Crippen molar-refractivity contribution in [2.45, 2.75) is 6.04 Å². The Morgan fingerprint density at radius 3 is 1.93 bits per heavy atom. The van der Waals surface area contributed by atoms with Gasteiger partial charge < -0.3 is 5.11 Å². The Morgan fingerprint density at radius 1 is 0.833 bits per heavy atom. The molecule has 7 heteroatoms. The Hall–Kier alpha value is -2.77. The summed E-state index contributed by atoms with van der Waals surface area (Å²) in [5, 5.41) is 11.0. The van der Waals surface area contributed by atoms with Crippen LogP contribution in [0.25, 0.3) is 5.76 Å². The first kappa shape index (κ1) is 20.5. The number of Topliss-reactive ketones (excluding diaryl/α,β-unsaturated/α-hetero) is 1. The van der Waals surface area contributed by atoms with Gasteiger partial charge in [-0.05, 0) is 54.1 Å². The van der Waals surface area contributed by atoms with E-state index in [1.165, 1.54) is 29.2 Å². The summed E-state index contributed by atoms with van der Waals surface area (Å²) >= 11 is 6.69. The van der Waals surface area contributed by atoms with E-state index >= 15 is 0 Å². The summed E-state index contributed by atoms with van der Waals surface area (Å²) in [4.78, 5) is 27.3. The van der Waals surface area contributed by atoms with E-state index in [1.807, 2.05) is 0 Å². The fourth-order valence-corrected chi connectivity index (χ4v) is 3.95. The molecule has 1 atom stereocenters. The Balaban J connectivity index is 1.93. The molecule has 1 aliphatic rings. The van der Waals surface area contributed by atoms with Crippen molar-refractivity contribution in [1.82, 2.24) is 0 Å². The number of carbonyl (C=O) groups is 2. The van der Waals surface area contributed by atoms with Crippen molar-refractivity contribution >= 4 is 55.0 Å². The fraction of sp³-hybridized carbons (Fsp3) is 0.0435. The van der Waals surface area contributed by atoms with Crippen molar-refractivity contribution in [3.63, 3.8) is 0 Å². The highest BCUT2D eigenvalue weighted by Crippen LogP contribution is 2.42. The molecule has 1 fully saturated rings. The van der Waals surface area contributed by atoms with E-state index < -0.39 is 23.5 Å². The van der Waals surface area contributed by atoms with Gasteiger partial charge >= 0.3 is 0 Å². The zero-order chi connectivity index (χ0) is 21.4. The van der Waals surface area contributed by atoms with Gasteiger partial charge in [0, 0.05) is 20.2 Å². The summed E-state index contributed by atoms with van der Waals surface area (Å²) in [6.07, 6.45) is 0. The van der Waals surface area contributed by atoms with Gasteiger partial charge in [-0.3, -0.25) is 14.5 Å². The molecule has 0 aromatic heterocycles. The number of hydrogen-bond donors (Lipinski definition) is 1. The van der Waals surface area contributed by atoms with Gasteiger partial charge in [0.1, 0.15) is 11.6 Å². The second kappa shape index (κ2) is 8.16. The first-order valence-electron chi connectivity index (χ1n) is 8.95. The topological polar surface area (TPSA) is 57.6 Å². The van der Waals surface area contributed by atoms with E-state index in [9.17, 15) is 19.1 Å². The first-order valence-corrected chi connectivity index (χ1v) is 10.5. The molecule has 0 unspecified atom stereocenters. The Labute approximate surface area is 188 Å². The molecule has 4 rings (SSSR count). The molecule has 30 heavy (non-hydrogen) atoms. The number of halogens is 3. The molecule has 150 valence electrons. The number of aliphatic hydroxyl groups excluding tert-OH is 1. The van der Waals surface area contributed by atoms with Crippen molar-refractivity contribution < 1.29 is 19.1 Å². The molecule has 1 heterocycles. The third-order valence-corrected chi connectivity index (χ3v) is 5.91. The average Bonchev–Trinajstić information content (AvgIpc) is 3.00. The number of carbonyl (C=O) groups excluding carboxylic acids is 2. The highest BCUT2D eigenvalue weighted by Gasteiger charge is 2.46. The van der Waals surface area contributed by atoms with Crippen LogP contribution in [0.5, 0.6) is 0 Å². The molecule has 3 aromatic carbocycles. The number of ketones is 1. The van der Waals surface area contributed by atoms with Crippen LogP contribution in [0, 0.1) is 5.82 Å². The Bertz CT molecular complexity index is 1160. The molecular weight excluding hydrogens is 517 g/mol. The Morgan fingerprint density at radius 2 is 1.37 bits per heavy atom. The van der Waals surface area contributed by atoms with Gasteiger partial charge in [-0.15, -0.1) is 0 Å². The predicted octanol–water partition coefficient (Wildman–Crippen LogP) is 5.98. The molecule has 4 nitrogen and oxygen atoms in total. The van der Waals surface area contributed by atoms with E-state index in [2.05, 4.69) is 31.9 Å². The van der Waals surface area contributed by atoms with Crippen molar-refractivity contribution in [2.75, 3.05) is 4.90 Å². The van der Waals surface area contributed by atoms with Gasteiger partial charge in [0.15, 0.2) is 0 Å². The molecule has 0 bridgehead atoms. The monoisotopic (exact) mass is 529 g/mol.